The number of nitrogens with zero attached hydrogens (tertiary/aromatic N) is 3. The maximum Gasteiger partial charge on any atom is 0.262 e. The number of carbonyl (C=O) groups is 3. The van der Waals surface area contributed by atoms with Crippen LogP contribution in [0.2, 0.25) is 0 Å². The normalized spacial score (nSPS) is 15.1. The minimum absolute atomic E-state index is 0.0861. The van der Waals surface area contributed by atoms with Crippen LogP contribution in [0.1, 0.15) is 86.3 Å². The summed E-state index contributed by atoms with van der Waals surface area (Å²) in [4.78, 5) is 51.4. The minimum Gasteiger partial charge on any atom is -0.494 e. The Morgan fingerprint density at radius 1 is 0.920 bits per heavy atom. The van der Waals surface area contributed by atoms with E-state index in [-0.39, 0.29) is 29.7 Å². The molecular weight excluding hydrogens is 647 g/mol. The lowest BCUT2D eigenvalue weighted by Crippen LogP contribution is -2.49. The molecule has 3 amide bonds. The van der Waals surface area contributed by atoms with Gasteiger partial charge in [-0.15, -0.1) is 11.3 Å². The molecule has 1 fully saturated rings. The molecule has 0 saturated carbocycles. The van der Waals surface area contributed by atoms with Crippen LogP contribution in [-0.4, -0.2) is 58.3 Å². The van der Waals surface area contributed by atoms with Gasteiger partial charge < -0.3 is 20.7 Å². The smallest absolute Gasteiger partial charge is 0.262 e. The number of benzene rings is 2. The zero-order valence-corrected chi connectivity index (χ0v) is 30.4. The Morgan fingerprint density at radius 3 is 2.22 bits per heavy atom. The number of amides is 3. The van der Waals surface area contributed by atoms with Crippen molar-refractivity contribution in [3.63, 3.8) is 0 Å². The molecule has 3 N–H and O–H groups in total. The number of unbranched alkanes of at least 4 members (excludes halogenated alkanes) is 4. The van der Waals surface area contributed by atoms with Crippen LogP contribution in [0.3, 0.4) is 0 Å². The average Bonchev–Trinajstić information content (AvgIpc) is 3.82. The van der Waals surface area contributed by atoms with Crippen molar-refractivity contribution >= 4 is 29.1 Å². The van der Waals surface area contributed by atoms with Gasteiger partial charge in [-0.2, -0.15) is 0 Å². The maximum absolute atomic E-state index is 13.7. The third-order valence-electron chi connectivity index (χ3n) is 9.08. The van der Waals surface area contributed by atoms with Gasteiger partial charge in [0.25, 0.3) is 5.91 Å². The lowest BCUT2D eigenvalue weighted by Gasteiger charge is -2.24. The Hall–Kier alpha value is -4.57. The molecule has 2 aromatic carbocycles. The summed E-state index contributed by atoms with van der Waals surface area (Å²) in [5, 5.41) is 2.99. The largest absolute Gasteiger partial charge is 0.494 e. The van der Waals surface area contributed by atoms with Gasteiger partial charge >= 0.3 is 0 Å². The average molecular weight is 696 g/mol. The second kappa shape index (κ2) is 16.9. The molecule has 3 heterocycles. The molecule has 50 heavy (non-hydrogen) atoms. The van der Waals surface area contributed by atoms with Crippen LogP contribution in [0.25, 0.3) is 22.5 Å². The molecule has 1 saturated heterocycles. The van der Waals surface area contributed by atoms with E-state index in [0.29, 0.717) is 30.1 Å². The van der Waals surface area contributed by atoms with E-state index in [0.717, 1.165) is 45.9 Å². The van der Waals surface area contributed by atoms with E-state index in [1.165, 1.54) is 37.0 Å². The number of rotatable bonds is 15. The second-order valence-electron chi connectivity index (χ2n) is 14.1. The van der Waals surface area contributed by atoms with Gasteiger partial charge in [0.15, 0.2) is 5.82 Å². The minimum atomic E-state index is -0.807. The summed E-state index contributed by atoms with van der Waals surface area (Å²) in [7, 11) is 0. The molecule has 1 aliphatic rings. The Kier molecular flexibility index (Phi) is 12.4. The Labute approximate surface area is 299 Å². The molecular formula is C40H49N5O4S. The summed E-state index contributed by atoms with van der Waals surface area (Å²) in [5.41, 5.74) is 9.08. The molecule has 0 spiro atoms. The van der Waals surface area contributed by atoms with E-state index in [1.54, 1.807) is 4.90 Å². The molecule has 264 valence electrons. The van der Waals surface area contributed by atoms with Crippen molar-refractivity contribution in [2.45, 2.75) is 84.1 Å². The topological polar surface area (TPSA) is 128 Å². The van der Waals surface area contributed by atoms with Crippen LogP contribution in [0.4, 0.5) is 0 Å². The highest BCUT2D eigenvalue weighted by molar-refractivity contribution is 7.14. The van der Waals surface area contributed by atoms with Crippen molar-refractivity contribution in [3.8, 4) is 28.3 Å². The highest BCUT2D eigenvalue weighted by atomic mass is 32.1. The van der Waals surface area contributed by atoms with Gasteiger partial charge in [0.05, 0.1) is 17.4 Å². The van der Waals surface area contributed by atoms with Gasteiger partial charge in [-0.1, -0.05) is 89.8 Å². The summed E-state index contributed by atoms with van der Waals surface area (Å²) in [6.45, 7) is 9.94. The fraction of sp³-hybridized carbons (Fsp3) is 0.425. The number of hydrogen-bond donors (Lipinski definition) is 2. The lowest BCUT2D eigenvalue weighted by atomic mass is 9.95. The molecule has 0 bridgehead atoms. The van der Waals surface area contributed by atoms with E-state index >= 15 is 0 Å². The van der Waals surface area contributed by atoms with Gasteiger partial charge in [-0.25, -0.2) is 9.97 Å². The zero-order chi connectivity index (χ0) is 35.7. The number of carbonyl (C=O) groups excluding carboxylic acids is 3. The van der Waals surface area contributed by atoms with Crippen LogP contribution in [0, 0.1) is 5.92 Å². The molecule has 10 heteroatoms. The molecule has 5 rings (SSSR count). The van der Waals surface area contributed by atoms with E-state index < -0.39 is 11.9 Å². The highest BCUT2D eigenvalue weighted by Crippen LogP contribution is 2.30. The van der Waals surface area contributed by atoms with Crippen LogP contribution >= 0.6 is 11.3 Å². The quantitative estimate of drug-likeness (QED) is 0.127. The monoisotopic (exact) mass is 695 g/mol. The first-order valence-corrected chi connectivity index (χ1v) is 18.5. The van der Waals surface area contributed by atoms with Crippen molar-refractivity contribution in [2.75, 3.05) is 19.7 Å². The SMILES string of the molecule is CCCCCCCOc1ccc(-c2cnc(-c3ccc(C[C@H](NC(=O)c4ccc(C(C)(C)C)s4)C(=O)N4CC[C@H](C(N)=O)C4)cc3)nc2)cc1. The van der Waals surface area contributed by atoms with E-state index in [9.17, 15) is 14.4 Å². The van der Waals surface area contributed by atoms with Crippen molar-refractivity contribution in [2.24, 2.45) is 11.7 Å². The third-order valence-corrected chi connectivity index (χ3v) is 10.6. The van der Waals surface area contributed by atoms with Crippen LogP contribution in [0.15, 0.2) is 73.1 Å². The number of ether oxygens (including phenoxy) is 1. The maximum atomic E-state index is 13.7. The Balaban J connectivity index is 1.23. The van der Waals surface area contributed by atoms with Crippen molar-refractivity contribution < 1.29 is 19.1 Å². The van der Waals surface area contributed by atoms with Crippen LogP contribution < -0.4 is 15.8 Å². The van der Waals surface area contributed by atoms with Gasteiger partial charge in [-0.05, 0) is 53.6 Å². The van der Waals surface area contributed by atoms with Crippen LogP contribution in [0.5, 0.6) is 5.75 Å². The standard InChI is InChI=1S/C40H49N5O4S/c1-5-6-7-8-9-22-49-32-16-14-28(15-17-32)31-24-42-37(43-25-31)29-12-10-27(11-13-29)23-33(39(48)45-21-20-30(26-45)36(41)46)44-38(47)34-18-19-35(50-34)40(2,3)4/h10-19,24-25,30,33H,5-9,20-23,26H2,1-4H3,(H2,41,46)(H,44,47)/t30-,33-/m0/s1. The van der Waals surface area contributed by atoms with E-state index in [2.05, 4.69) is 43.0 Å². The molecule has 9 nitrogen and oxygen atoms in total. The number of hydrogen-bond acceptors (Lipinski definition) is 7. The van der Waals surface area contributed by atoms with Gasteiger partial charge in [0.1, 0.15) is 11.8 Å². The molecule has 2 aromatic heterocycles. The fourth-order valence-corrected chi connectivity index (χ4v) is 6.96. The summed E-state index contributed by atoms with van der Waals surface area (Å²) in [6, 6.07) is 18.7. The molecule has 0 radical (unpaired) electrons. The number of primary amides is 1. The predicted molar refractivity (Wildman–Crippen MR) is 199 cm³/mol. The molecule has 1 aliphatic heterocycles. The number of likely N-dealkylation sites (tertiary alicyclic amines) is 1. The number of nitrogens with two attached hydrogens (primary N) is 1. The van der Waals surface area contributed by atoms with Gasteiger partial charge in [0.2, 0.25) is 11.8 Å². The number of thiophene rings is 1. The van der Waals surface area contributed by atoms with Crippen molar-refractivity contribution in [1.82, 2.24) is 20.2 Å². The second-order valence-corrected chi connectivity index (χ2v) is 15.2. The third kappa shape index (κ3) is 9.78. The fourth-order valence-electron chi connectivity index (χ4n) is 6.00. The summed E-state index contributed by atoms with van der Waals surface area (Å²) in [5.74, 6) is 0.148. The van der Waals surface area contributed by atoms with Gasteiger partial charge in [-0.3, -0.25) is 14.4 Å². The molecule has 4 aromatic rings. The molecule has 2 atom stereocenters. The van der Waals surface area contributed by atoms with Gasteiger partial charge in [0, 0.05) is 47.9 Å². The first-order chi connectivity index (χ1) is 24.0. The van der Waals surface area contributed by atoms with Crippen LogP contribution in [-0.2, 0) is 21.4 Å². The Morgan fingerprint density at radius 2 is 1.60 bits per heavy atom. The lowest BCUT2D eigenvalue weighted by molar-refractivity contribution is -0.132. The molecule has 0 unspecified atom stereocenters. The van der Waals surface area contributed by atoms with Crippen molar-refractivity contribution in [1.29, 1.82) is 0 Å². The van der Waals surface area contributed by atoms with E-state index in [1.807, 2.05) is 73.1 Å². The predicted octanol–water partition coefficient (Wildman–Crippen LogP) is 7.19. The Bertz CT molecular complexity index is 1730. The first-order valence-electron chi connectivity index (χ1n) is 17.7. The van der Waals surface area contributed by atoms with Crippen molar-refractivity contribution in [3.05, 3.63) is 88.4 Å². The highest BCUT2D eigenvalue weighted by Gasteiger charge is 2.34. The first kappa shape index (κ1) is 36.7. The summed E-state index contributed by atoms with van der Waals surface area (Å²) < 4.78 is 5.90. The number of aromatic nitrogens is 2. The zero-order valence-electron chi connectivity index (χ0n) is 29.6. The summed E-state index contributed by atoms with van der Waals surface area (Å²) in [6.07, 6.45) is 10.5. The number of nitrogens with one attached hydrogen (secondary N) is 1. The van der Waals surface area contributed by atoms with E-state index in [4.69, 9.17) is 10.5 Å². The molecule has 0 aliphatic carbocycles. The summed E-state index contributed by atoms with van der Waals surface area (Å²) >= 11 is 1.43.